The molecular formula is C13H16N4O. The van der Waals surface area contributed by atoms with E-state index in [-0.39, 0.29) is 5.91 Å². The lowest BCUT2D eigenvalue weighted by molar-refractivity contribution is 0.0708. The minimum atomic E-state index is 0.0963. The second kappa shape index (κ2) is 4.42. The minimum absolute atomic E-state index is 0.0963. The number of fused-ring (bicyclic) bond motifs is 1. The topological polar surface area (TPSA) is 49.6 Å². The molecule has 3 rings (SSSR count). The number of amides is 1. The van der Waals surface area contributed by atoms with Crippen molar-refractivity contribution in [2.24, 2.45) is 0 Å². The minimum Gasteiger partial charge on any atom is -0.336 e. The zero-order valence-electron chi connectivity index (χ0n) is 10.3. The summed E-state index contributed by atoms with van der Waals surface area (Å²) >= 11 is 0. The van der Waals surface area contributed by atoms with Gasteiger partial charge in [-0.15, -0.1) is 0 Å². The van der Waals surface area contributed by atoms with Gasteiger partial charge in [0.2, 0.25) is 0 Å². The molecule has 5 heteroatoms. The Morgan fingerprint density at radius 3 is 3.22 bits per heavy atom. The van der Waals surface area contributed by atoms with E-state index in [4.69, 9.17) is 0 Å². The molecule has 0 spiro atoms. The van der Waals surface area contributed by atoms with Crippen molar-refractivity contribution in [1.82, 2.24) is 19.6 Å². The fourth-order valence-corrected chi connectivity index (χ4v) is 2.35. The molecule has 2 aromatic rings. The molecule has 0 saturated carbocycles. The van der Waals surface area contributed by atoms with E-state index in [0.717, 1.165) is 30.8 Å². The first kappa shape index (κ1) is 11.2. The Balaban J connectivity index is 1.86. The molecule has 0 radical (unpaired) electrons. The summed E-state index contributed by atoms with van der Waals surface area (Å²) in [6, 6.07) is 4.08. The van der Waals surface area contributed by atoms with Crippen molar-refractivity contribution in [1.29, 1.82) is 0 Å². The number of hydrogen-bond donors (Lipinski definition) is 1. The molecule has 0 aromatic carbocycles. The van der Waals surface area contributed by atoms with Crippen LogP contribution in [0.1, 0.15) is 17.3 Å². The van der Waals surface area contributed by atoms with Crippen LogP contribution < -0.4 is 5.32 Å². The van der Waals surface area contributed by atoms with Gasteiger partial charge in [-0.3, -0.25) is 4.79 Å². The number of piperazine rings is 1. The molecule has 18 heavy (non-hydrogen) atoms. The van der Waals surface area contributed by atoms with Gasteiger partial charge in [-0.2, -0.15) is 0 Å². The lowest BCUT2D eigenvalue weighted by Gasteiger charge is -2.31. The van der Waals surface area contributed by atoms with Crippen LogP contribution in [0.15, 0.2) is 30.7 Å². The number of imidazole rings is 1. The van der Waals surface area contributed by atoms with Gasteiger partial charge in [-0.25, -0.2) is 4.98 Å². The molecular weight excluding hydrogens is 228 g/mol. The lowest BCUT2D eigenvalue weighted by Crippen LogP contribution is -2.51. The fraction of sp³-hybridized carbons (Fsp3) is 0.385. The van der Waals surface area contributed by atoms with Gasteiger partial charge in [0.1, 0.15) is 5.65 Å². The Hall–Kier alpha value is -1.88. The van der Waals surface area contributed by atoms with Gasteiger partial charge in [-0.1, -0.05) is 0 Å². The molecule has 0 aliphatic carbocycles. The van der Waals surface area contributed by atoms with Crippen LogP contribution >= 0.6 is 0 Å². The van der Waals surface area contributed by atoms with E-state index >= 15 is 0 Å². The number of carbonyl (C=O) groups excluding carboxylic acids is 1. The second-order valence-electron chi connectivity index (χ2n) is 4.72. The van der Waals surface area contributed by atoms with Gasteiger partial charge < -0.3 is 14.6 Å². The third-order valence-corrected chi connectivity index (χ3v) is 3.29. The highest BCUT2D eigenvalue weighted by atomic mass is 16.2. The summed E-state index contributed by atoms with van der Waals surface area (Å²) in [7, 11) is 0. The quantitative estimate of drug-likeness (QED) is 0.806. The predicted molar refractivity (Wildman–Crippen MR) is 68.6 cm³/mol. The van der Waals surface area contributed by atoms with E-state index < -0.39 is 0 Å². The molecule has 1 fully saturated rings. The van der Waals surface area contributed by atoms with Crippen molar-refractivity contribution in [2.45, 2.75) is 13.0 Å². The van der Waals surface area contributed by atoms with Crippen LogP contribution in [0.5, 0.6) is 0 Å². The molecule has 1 amide bonds. The molecule has 94 valence electrons. The molecule has 1 aliphatic heterocycles. The zero-order valence-corrected chi connectivity index (χ0v) is 10.3. The van der Waals surface area contributed by atoms with Gasteiger partial charge >= 0.3 is 0 Å². The van der Waals surface area contributed by atoms with E-state index in [2.05, 4.69) is 17.2 Å². The van der Waals surface area contributed by atoms with E-state index in [1.807, 2.05) is 33.8 Å². The summed E-state index contributed by atoms with van der Waals surface area (Å²) in [4.78, 5) is 18.4. The van der Waals surface area contributed by atoms with Gasteiger partial charge in [-0.05, 0) is 19.1 Å². The molecule has 1 atom stereocenters. The number of nitrogens with one attached hydrogen (secondary N) is 1. The summed E-state index contributed by atoms with van der Waals surface area (Å²) in [6.45, 7) is 4.49. The number of rotatable bonds is 1. The summed E-state index contributed by atoms with van der Waals surface area (Å²) in [5.74, 6) is 0.0963. The predicted octanol–water partition coefficient (Wildman–Crippen LogP) is 0.768. The third-order valence-electron chi connectivity index (χ3n) is 3.29. The SMILES string of the molecule is CC1CN(C(=O)c2ccc3nccn3c2)CCN1. The summed E-state index contributed by atoms with van der Waals surface area (Å²) in [5.41, 5.74) is 1.58. The molecule has 1 aliphatic rings. The highest BCUT2D eigenvalue weighted by Gasteiger charge is 2.21. The third kappa shape index (κ3) is 1.97. The Labute approximate surface area is 105 Å². The lowest BCUT2D eigenvalue weighted by atomic mass is 10.2. The number of pyridine rings is 1. The van der Waals surface area contributed by atoms with Crippen molar-refractivity contribution in [3.63, 3.8) is 0 Å². The Kier molecular flexibility index (Phi) is 2.76. The van der Waals surface area contributed by atoms with Crippen molar-refractivity contribution >= 4 is 11.6 Å². The monoisotopic (exact) mass is 244 g/mol. The molecule has 1 saturated heterocycles. The molecule has 3 heterocycles. The smallest absolute Gasteiger partial charge is 0.255 e. The van der Waals surface area contributed by atoms with Crippen molar-refractivity contribution in [3.8, 4) is 0 Å². The summed E-state index contributed by atoms with van der Waals surface area (Å²) in [5, 5.41) is 3.33. The fourth-order valence-electron chi connectivity index (χ4n) is 2.35. The number of hydrogen-bond acceptors (Lipinski definition) is 3. The van der Waals surface area contributed by atoms with Crippen LogP contribution in [0, 0.1) is 0 Å². The van der Waals surface area contributed by atoms with E-state index in [1.165, 1.54) is 0 Å². The maximum atomic E-state index is 12.4. The largest absolute Gasteiger partial charge is 0.336 e. The first-order valence-corrected chi connectivity index (χ1v) is 6.19. The summed E-state index contributed by atoms with van der Waals surface area (Å²) in [6.07, 6.45) is 5.43. The van der Waals surface area contributed by atoms with Crippen LogP contribution in [0.3, 0.4) is 0 Å². The van der Waals surface area contributed by atoms with E-state index in [1.54, 1.807) is 6.20 Å². The highest BCUT2D eigenvalue weighted by molar-refractivity contribution is 5.94. The van der Waals surface area contributed by atoms with E-state index in [0.29, 0.717) is 6.04 Å². The van der Waals surface area contributed by atoms with Crippen molar-refractivity contribution in [2.75, 3.05) is 19.6 Å². The summed E-state index contributed by atoms with van der Waals surface area (Å²) < 4.78 is 1.87. The number of carbonyl (C=O) groups is 1. The van der Waals surface area contributed by atoms with Crippen LogP contribution in [-0.4, -0.2) is 45.9 Å². The zero-order chi connectivity index (χ0) is 12.5. The maximum absolute atomic E-state index is 12.4. The first-order valence-electron chi connectivity index (χ1n) is 6.19. The van der Waals surface area contributed by atoms with Gasteiger partial charge in [0, 0.05) is 44.3 Å². The average Bonchev–Trinajstić information content (AvgIpc) is 2.85. The van der Waals surface area contributed by atoms with Crippen LogP contribution in [0.25, 0.3) is 5.65 Å². The molecule has 1 N–H and O–H groups in total. The standard InChI is InChI=1S/C13H16N4O/c1-10-8-17(7-4-14-10)13(18)11-2-3-12-15-5-6-16(12)9-11/h2-3,5-6,9-10,14H,4,7-8H2,1H3. The Morgan fingerprint density at radius 1 is 1.50 bits per heavy atom. The number of aromatic nitrogens is 2. The molecule has 1 unspecified atom stereocenters. The van der Waals surface area contributed by atoms with Crippen molar-refractivity contribution < 1.29 is 4.79 Å². The second-order valence-corrected chi connectivity index (χ2v) is 4.72. The van der Waals surface area contributed by atoms with Gasteiger partial charge in [0.15, 0.2) is 0 Å². The first-order chi connectivity index (χ1) is 8.74. The average molecular weight is 244 g/mol. The molecule has 5 nitrogen and oxygen atoms in total. The number of nitrogens with zero attached hydrogens (tertiary/aromatic N) is 3. The Bertz CT molecular complexity index is 577. The normalized spacial score (nSPS) is 20.3. The maximum Gasteiger partial charge on any atom is 0.255 e. The van der Waals surface area contributed by atoms with E-state index in [9.17, 15) is 4.79 Å². The van der Waals surface area contributed by atoms with Crippen molar-refractivity contribution in [3.05, 3.63) is 36.3 Å². The van der Waals surface area contributed by atoms with Crippen LogP contribution in [-0.2, 0) is 0 Å². The van der Waals surface area contributed by atoms with Gasteiger partial charge in [0.25, 0.3) is 5.91 Å². The highest BCUT2D eigenvalue weighted by Crippen LogP contribution is 2.10. The molecule has 0 bridgehead atoms. The van der Waals surface area contributed by atoms with Crippen LogP contribution in [0.2, 0.25) is 0 Å². The van der Waals surface area contributed by atoms with Crippen LogP contribution in [0.4, 0.5) is 0 Å². The van der Waals surface area contributed by atoms with Gasteiger partial charge in [0.05, 0.1) is 5.56 Å². The Morgan fingerprint density at radius 2 is 2.39 bits per heavy atom. The molecule has 2 aromatic heterocycles.